The van der Waals surface area contributed by atoms with Crippen molar-refractivity contribution in [1.29, 1.82) is 0 Å². The number of rotatable bonds is 9. The quantitative estimate of drug-likeness (QED) is 0.639. The van der Waals surface area contributed by atoms with E-state index < -0.39 is 24.4 Å². The van der Waals surface area contributed by atoms with Crippen LogP contribution in [0.3, 0.4) is 0 Å². The second kappa shape index (κ2) is 9.85. The summed E-state index contributed by atoms with van der Waals surface area (Å²) in [5.74, 6) is -0.436. The molecule has 2 N–H and O–H groups in total. The van der Waals surface area contributed by atoms with E-state index in [0.29, 0.717) is 17.2 Å². The molecule has 0 aliphatic carbocycles. The number of hydrogen-bond acceptors (Lipinski definition) is 7. The van der Waals surface area contributed by atoms with Gasteiger partial charge >= 0.3 is 5.97 Å². The monoisotopic (exact) mass is 376 g/mol. The highest BCUT2D eigenvalue weighted by Gasteiger charge is 2.13. The summed E-state index contributed by atoms with van der Waals surface area (Å²) in [6.07, 6.45) is 1.30. The van der Waals surface area contributed by atoms with Crippen LogP contribution in [0.15, 0.2) is 41.0 Å². The van der Waals surface area contributed by atoms with Gasteiger partial charge in [0.2, 0.25) is 0 Å². The fourth-order valence-electron chi connectivity index (χ4n) is 2.08. The molecule has 0 aliphatic heterocycles. The molecule has 0 aliphatic rings. The highest BCUT2D eigenvalue weighted by Crippen LogP contribution is 2.28. The normalized spacial score (nSPS) is 10.0. The fourth-order valence-corrected chi connectivity index (χ4v) is 2.08. The zero-order chi connectivity index (χ0) is 19.6. The zero-order valence-electron chi connectivity index (χ0n) is 14.9. The summed E-state index contributed by atoms with van der Waals surface area (Å²) >= 11 is 0. The Morgan fingerprint density at radius 3 is 2.59 bits per heavy atom. The van der Waals surface area contributed by atoms with Gasteiger partial charge in [-0.05, 0) is 24.3 Å². The van der Waals surface area contributed by atoms with Crippen LogP contribution >= 0.6 is 0 Å². The van der Waals surface area contributed by atoms with Crippen molar-refractivity contribution in [2.45, 2.75) is 6.42 Å². The molecule has 0 radical (unpaired) electrons. The van der Waals surface area contributed by atoms with Gasteiger partial charge in [0.15, 0.2) is 12.4 Å². The number of ether oxygens (including phenoxy) is 3. The van der Waals surface area contributed by atoms with E-state index in [1.807, 2.05) is 0 Å². The summed E-state index contributed by atoms with van der Waals surface area (Å²) in [6, 6.07) is 7.97. The molecule has 9 heteroatoms. The first-order valence-electron chi connectivity index (χ1n) is 8.02. The number of esters is 1. The molecule has 144 valence electrons. The molecule has 0 spiro atoms. The van der Waals surface area contributed by atoms with Gasteiger partial charge in [0.05, 0.1) is 32.6 Å². The summed E-state index contributed by atoms with van der Waals surface area (Å²) < 4.78 is 20.0. The first-order chi connectivity index (χ1) is 13.0. The molecule has 0 bridgehead atoms. The molecule has 0 saturated heterocycles. The number of nitrogens with one attached hydrogen (secondary N) is 2. The Hall–Kier alpha value is -3.49. The molecule has 1 heterocycles. The molecule has 0 unspecified atom stereocenters. The predicted molar refractivity (Wildman–Crippen MR) is 94.8 cm³/mol. The van der Waals surface area contributed by atoms with E-state index in [0.717, 1.165) is 0 Å². The Kier molecular flexibility index (Phi) is 7.24. The maximum absolute atomic E-state index is 11.9. The van der Waals surface area contributed by atoms with Crippen LogP contribution in [0.4, 0.5) is 5.69 Å². The van der Waals surface area contributed by atoms with Crippen molar-refractivity contribution in [2.75, 3.05) is 32.7 Å². The van der Waals surface area contributed by atoms with Crippen molar-refractivity contribution < 1.29 is 33.0 Å². The number of furan rings is 1. The Morgan fingerprint density at radius 2 is 1.93 bits per heavy atom. The molecular formula is C18H20N2O7. The van der Waals surface area contributed by atoms with Crippen LogP contribution in [0.25, 0.3) is 0 Å². The Bertz CT molecular complexity index is 787. The van der Waals surface area contributed by atoms with Gasteiger partial charge < -0.3 is 29.3 Å². The van der Waals surface area contributed by atoms with E-state index in [9.17, 15) is 14.4 Å². The van der Waals surface area contributed by atoms with Crippen molar-refractivity contribution in [3.63, 3.8) is 0 Å². The van der Waals surface area contributed by atoms with E-state index in [2.05, 4.69) is 10.6 Å². The lowest BCUT2D eigenvalue weighted by molar-refractivity contribution is -0.147. The molecule has 0 atom stereocenters. The smallest absolute Gasteiger partial charge is 0.308 e. The lowest BCUT2D eigenvalue weighted by Crippen LogP contribution is -2.27. The maximum Gasteiger partial charge on any atom is 0.308 e. The molecule has 0 saturated carbocycles. The molecule has 9 nitrogen and oxygen atoms in total. The van der Waals surface area contributed by atoms with Gasteiger partial charge in [0.25, 0.3) is 11.8 Å². The third-order valence-corrected chi connectivity index (χ3v) is 3.41. The number of hydrogen-bond donors (Lipinski definition) is 2. The number of methoxy groups -OCH3 is 2. The summed E-state index contributed by atoms with van der Waals surface area (Å²) in [6.45, 7) is -0.396. The minimum Gasteiger partial charge on any atom is -0.497 e. The summed E-state index contributed by atoms with van der Waals surface area (Å²) in [4.78, 5) is 35.2. The van der Waals surface area contributed by atoms with Crippen molar-refractivity contribution in [3.8, 4) is 11.5 Å². The average molecular weight is 376 g/mol. The topological polar surface area (TPSA) is 116 Å². The minimum atomic E-state index is -0.619. The minimum absolute atomic E-state index is 0.0618. The lowest BCUT2D eigenvalue weighted by atomic mass is 10.2. The molecule has 1 aromatic carbocycles. The standard InChI is InChI=1S/C18H20N2O7/c1-24-12-5-6-13(15(10-12)25-2)20-16(21)11-27-17(22)7-8-19-18(23)14-4-3-9-26-14/h3-6,9-10H,7-8,11H2,1-2H3,(H,19,23)(H,20,21). The highest BCUT2D eigenvalue weighted by atomic mass is 16.5. The SMILES string of the molecule is COc1ccc(NC(=O)COC(=O)CCNC(=O)c2ccco2)c(OC)c1. The van der Waals surface area contributed by atoms with Gasteiger partial charge in [-0.15, -0.1) is 0 Å². The molecule has 2 amide bonds. The van der Waals surface area contributed by atoms with Gasteiger partial charge in [0.1, 0.15) is 11.5 Å². The molecule has 0 fully saturated rings. The first kappa shape index (κ1) is 19.8. The predicted octanol–water partition coefficient (Wildman–Crippen LogP) is 1.60. The first-order valence-corrected chi connectivity index (χ1v) is 8.02. The van der Waals surface area contributed by atoms with Gasteiger partial charge in [-0.1, -0.05) is 0 Å². The number of carbonyl (C=O) groups excluding carboxylic acids is 3. The van der Waals surface area contributed by atoms with Crippen LogP contribution in [0, 0.1) is 0 Å². The van der Waals surface area contributed by atoms with Crippen LogP contribution in [-0.4, -0.2) is 45.2 Å². The second-order valence-corrected chi connectivity index (χ2v) is 5.26. The molecule has 1 aromatic heterocycles. The molecule has 27 heavy (non-hydrogen) atoms. The van der Waals surface area contributed by atoms with Crippen LogP contribution < -0.4 is 20.1 Å². The maximum atomic E-state index is 11.9. The van der Waals surface area contributed by atoms with Crippen LogP contribution in [0.5, 0.6) is 11.5 Å². The Morgan fingerprint density at radius 1 is 1.11 bits per heavy atom. The molecule has 2 aromatic rings. The summed E-state index contributed by atoms with van der Waals surface area (Å²) in [7, 11) is 2.98. The second-order valence-electron chi connectivity index (χ2n) is 5.26. The zero-order valence-corrected chi connectivity index (χ0v) is 14.9. The third kappa shape index (κ3) is 6.07. The van der Waals surface area contributed by atoms with Crippen molar-refractivity contribution in [1.82, 2.24) is 5.32 Å². The number of carbonyl (C=O) groups is 3. The highest BCUT2D eigenvalue weighted by molar-refractivity contribution is 5.94. The molecule has 2 rings (SSSR count). The summed E-state index contributed by atoms with van der Waals surface area (Å²) in [5.41, 5.74) is 0.421. The van der Waals surface area contributed by atoms with E-state index in [1.54, 1.807) is 24.3 Å². The van der Waals surface area contributed by atoms with Crippen LogP contribution in [0.1, 0.15) is 17.0 Å². The molecular weight excluding hydrogens is 356 g/mol. The van der Waals surface area contributed by atoms with Crippen molar-refractivity contribution in [2.24, 2.45) is 0 Å². The largest absolute Gasteiger partial charge is 0.497 e. The van der Waals surface area contributed by atoms with Crippen LogP contribution in [0.2, 0.25) is 0 Å². The van der Waals surface area contributed by atoms with E-state index in [4.69, 9.17) is 18.6 Å². The van der Waals surface area contributed by atoms with E-state index >= 15 is 0 Å². The third-order valence-electron chi connectivity index (χ3n) is 3.41. The van der Waals surface area contributed by atoms with E-state index in [-0.39, 0.29) is 18.7 Å². The van der Waals surface area contributed by atoms with Gasteiger partial charge in [-0.2, -0.15) is 0 Å². The van der Waals surface area contributed by atoms with E-state index in [1.165, 1.54) is 26.5 Å². The number of anilines is 1. The number of benzene rings is 1. The summed E-state index contributed by atoms with van der Waals surface area (Å²) in [5, 5.41) is 5.09. The van der Waals surface area contributed by atoms with Crippen LogP contribution in [-0.2, 0) is 14.3 Å². The number of amides is 2. The van der Waals surface area contributed by atoms with Crippen molar-refractivity contribution in [3.05, 3.63) is 42.4 Å². The Labute approximate surface area is 155 Å². The lowest BCUT2D eigenvalue weighted by Gasteiger charge is -2.11. The van der Waals surface area contributed by atoms with Gasteiger partial charge in [0, 0.05) is 12.6 Å². The van der Waals surface area contributed by atoms with Gasteiger partial charge in [-0.3, -0.25) is 14.4 Å². The van der Waals surface area contributed by atoms with Crippen molar-refractivity contribution >= 4 is 23.5 Å². The Balaban J connectivity index is 1.72. The fraction of sp³-hybridized carbons (Fsp3) is 0.278. The average Bonchev–Trinajstić information content (AvgIpc) is 3.21. The van der Waals surface area contributed by atoms with Gasteiger partial charge in [-0.25, -0.2) is 0 Å².